The lowest BCUT2D eigenvalue weighted by Gasteiger charge is -2.04. The summed E-state index contributed by atoms with van der Waals surface area (Å²) >= 11 is 0. The highest BCUT2D eigenvalue weighted by Crippen LogP contribution is 2.26. The van der Waals surface area contributed by atoms with E-state index >= 15 is 0 Å². The summed E-state index contributed by atoms with van der Waals surface area (Å²) in [5.74, 6) is -2.11. The number of non-ortho nitro benzene ring substituents is 1. The summed E-state index contributed by atoms with van der Waals surface area (Å²) in [6.07, 6.45) is 0.875. The fraction of sp³-hybridized carbons (Fsp3) is 0.167. The molecule has 0 saturated carbocycles. The Kier molecular flexibility index (Phi) is 5.27. The lowest BCUT2D eigenvalue weighted by atomic mass is 10.1. The molecule has 1 aromatic rings. The van der Waals surface area contributed by atoms with Gasteiger partial charge in [-0.1, -0.05) is 0 Å². The predicted octanol–water partition coefficient (Wildman–Crippen LogP) is 1.23. The third-order valence-corrected chi connectivity index (χ3v) is 2.53. The molecular formula is C12H10N2O8. The standard InChI is InChI=1S/C12H10N2O8/c1-21-11(15)9(12(16)22-2)5-7-3-4-8(13(17)18)6-10(7)14(19)20/h3-6H,1-2H3. The predicted molar refractivity (Wildman–Crippen MR) is 71.8 cm³/mol. The molecule has 0 fully saturated rings. The largest absolute Gasteiger partial charge is 0.465 e. The van der Waals surface area contributed by atoms with E-state index in [9.17, 15) is 29.8 Å². The van der Waals surface area contributed by atoms with E-state index in [0.717, 1.165) is 38.5 Å². The summed E-state index contributed by atoms with van der Waals surface area (Å²) in [5, 5.41) is 21.6. The van der Waals surface area contributed by atoms with Gasteiger partial charge < -0.3 is 9.47 Å². The molecule has 0 spiro atoms. The van der Waals surface area contributed by atoms with E-state index in [1.165, 1.54) is 0 Å². The Morgan fingerprint density at radius 1 is 1.05 bits per heavy atom. The van der Waals surface area contributed by atoms with Crippen molar-refractivity contribution in [1.82, 2.24) is 0 Å². The number of rotatable bonds is 5. The van der Waals surface area contributed by atoms with Crippen molar-refractivity contribution in [3.63, 3.8) is 0 Å². The van der Waals surface area contributed by atoms with Crippen molar-refractivity contribution in [2.24, 2.45) is 0 Å². The summed E-state index contributed by atoms with van der Waals surface area (Å²) in [7, 11) is 2.03. The molecule has 0 aromatic heterocycles. The minimum Gasteiger partial charge on any atom is -0.465 e. The quantitative estimate of drug-likeness (QED) is 0.197. The second-order valence-electron chi connectivity index (χ2n) is 3.80. The number of carbonyl (C=O) groups excluding carboxylic acids is 2. The van der Waals surface area contributed by atoms with E-state index in [-0.39, 0.29) is 5.56 Å². The molecule has 0 heterocycles. The summed E-state index contributed by atoms with van der Waals surface area (Å²) in [6.45, 7) is 0. The van der Waals surface area contributed by atoms with Gasteiger partial charge in [-0.3, -0.25) is 20.2 Å². The maximum Gasteiger partial charge on any atom is 0.345 e. The number of ether oxygens (including phenoxy) is 2. The Morgan fingerprint density at radius 2 is 1.59 bits per heavy atom. The second kappa shape index (κ2) is 6.92. The molecule has 0 atom stereocenters. The van der Waals surface area contributed by atoms with Gasteiger partial charge in [0.15, 0.2) is 0 Å². The third-order valence-electron chi connectivity index (χ3n) is 2.53. The molecule has 0 saturated heterocycles. The van der Waals surface area contributed by atoms with Gasteiger partial charge in [0.1, 0.15) is 5.57 Å². The molecule has 10 heteroatoms. The molecule has 0 unspecified atom stereocenters. The molecule has 22 heavy (non-hydrogen) atoms. The van der Waals surface area contributed by atoms with E-state index in [1.54, 1.807) is 0 Å². The van der Waals surface area contributed by atoms with Crippen LogP contribution in [0.25, 0.3) is 6.08 Å². The Balaban J connectivity index is 3.49. The van der Waals surface area contributed by atoms with Crippen molar-refractivity contribution in [1.29, 1.82) is 0 Å². The van der Waals surface area contributed by atoms with Gasteiger partial charge in [-0.2, -0.15) is 0 Å². The van der Waals surface area contributed by atoms with Crippen LogP contribution in [0.5, 0.6) is 0 Å². The Morgan fingerprint density at radius 3 is 2.00 bits per heavy atom. The van der Waals surface area contributed by atoms with Crippen molar-refractivity contribution in [3.05, 3.63) is 49.6 Å². The van der Waals surface area contributed by atoms with E-state index in [1.807, 2.05) is 0 Å². The minimum atomic E-state index is -1.06. The molecule has 1 aromatic carbocycles. The van der Waals surface area contributed by atoms with Crippen LogP contribution >= 0.6 is 0 Å². The number of methoxy groups -OCH3 is 2. The first kappa shape index (κ1) is 16.8. The van der Waals surface area contributed by atoms with Crippen molar-refractivity contribution in [2.45, 2.75) is 0 Å². The molecule has 0 bridgehead atoms. The van der Waals surface area contributed by atoms with Crippen LogP contribution in [0.15, 0.2) is 23.8 Å². The number of nitro benzene ring substituents is 2. The Bertz CT molecular complexity index is 662. The first-order chi connectivity index (χ1) is 10.3. The van der Waals surface area contributed by atoms with Gasteiger partial charge in [0.2, 0.25) is 0 Å². The maximum atomic E-state index is 11.5. The van der Waals surface area contributed by atoms with E-state index in [2.05, 4.69) is 9.47 Å². The molecule has 0 aliphatic rings. The highest BCUT2D eigenvalue weighted by atomic mass is 16.6. The zero-order valence-corrected chi connectivity index (χ0v) is 11.5. The molecule has 116 valence electrons. The average molecular weight is 310 g/mol. The van der Waals surface area contributed by atoms with Crippen LogP contribution in [0.3, 0.4) is 0 Å². The SMILES string of the molecule is COC(=O)C(=Cc1ccc([N+](=O)[O-])cc1[N+](=O)[O-])C(=O)OC. The van der Waals surface area contributed by atoms with Gasteiger partial charge in [0, 0.05) is 6.07 Å². The van der Waals surface area contributed by atoms with Gasteiger partial charge in [-0.25, -0.2) is 9.59 Å². The van der Waals surface area contributed by atoms with Gasteiger partial charge >= 0.3 is 11.9 Å². The maximum absolute atomic E-state index is 11.5. The first-order valence-corrected chi connectivity index (χ1v) is 5.63. The first-order valence-electron chi connectivity index (χ1n) is 5.63. The molecule has 10 nitrogen and oxygen atoms in total. The zero-order valence-electron chi connectivity index (χ0n) is 11.5. The van der Waals surface area contributed by atoms with E-state index < -0.39 is 38.7 Å². The van der Waals surface area contributed by atoms with E-state index in [4.69, 9.17) is 0 Å². The lowest BCUT2D eigenvalue weighted by Crippen LogP contribution is -2.15. The van der Waals surface area contributed by atoms with Crippen LogP contribution in [0.4, 0.5) is 11.4 Å². The number of benzene rings is 1. The summed E-state index contributed by atoms with van der Waals surface area (Å²) in [5.41, 5.74) is -1.90. The molecular weight excluding hydrogens is 300 g/mol. The van der Waals surface area contributed by atoms with Gasteiger partial charge in [0.05, 0.1) is 35.7 Å². The number of nitrogens with zero attached hydrogens (tertiary/aromatic N) is 2. The lowest BCUT2D eigenvalue weighted by molar-refractivity contribution is -0.394. The fourth-order valence-corrected chi connectivity index (χ4v) is 1.50. The number of esters is 2. The topological polar surface area (TPSA) is 139 Å². The van der Waals surface area contributed by atoms with Crippen LogP contribution < -0.4 is 0 Å². The third kappa shape index (κ3) is 3.62. The zero-order chi connectivity index (χ0) is 16.9. The molecule has 0 aliphatic carbocycles. The van der Waals surface area contributed by atoms with Crippen molar-refractivity contribution in [2.75, 3.05) is 14.2 Å². The summed E-state index contributed by atoms with van der Waals surface area (Å²) < 4.78 is 8.77. The van der Waals surface area contributed by atoms with Crippen LogP contribution in [-0.2, 0) is 19.1 Å². The van der Waals surface area contributed by atoms with Crippen molar-refractivity contribution in [3.8, 4) is 0 Å². The molecule has 0 radical (unpaired) electrons. The summed E-state index contributed by atoms with van der Waals surface area (Å²) in [4.78, 5) is 42.9. The van der Waals surface area contributed by atoms with Crippen LogP contribution in [0.1, 0.15) is 5.56 Å². The molecule has 0 amide bonds. The molecule has 0 N–H and O–H groups in total. The fourth-order valence-electron chi connectivity index (χ4n) is 1.50. The van der Waals surface area contributed by atoms with Crippen LogP contribution in [-0.4, -0.2) is 36.0 Å². The number of carbonyl (C=O) groups is 2. The van der Waals surface area contributed by atoms with Crippen LogP contribution in [0, 0.1) is 20.2 Å². The molecule has 0 aliphatic heterocycles. The molecule has 1 rings (SSSR count). The Hall–Kier alpha value is -3.30. The van der Waals surface area contributed by atoms with Gasteiger partial charge in [-0.05, 0) is 12.1 Å². The summed E-state index contributed by atoms with van der Waals surface area (Å²) in [6, 6.07) is 2.77. The van der Waals surface area contributed by atoms with E-state index in [0.29, 0.717) is 0 Å². The number of hydrogen-bond acceptors (Lipinski definition) is 8. The van der Waals surface area contributed by atoms with Gasteiger partial charge in [-0.15, -0.1) is 0 Å². The monoisotopic (exact) mass is 310 g/mol. The number of nitro groups is 2. The smallest absolute Gasteiger partial charge is 0.345 e. The normalized spacial score (nSPS) is 9.55. The average Bonchev–Trinajstić information content (AvgIpc) is 2.50. The van der Waals surface area contributed by atoms with Crippen molar-refractivity contribution < 1.29 is 28.9 Å². The van der Waals surface area contributed by atoms with Gasteiger partial charge in [0.25, 0.3) is 11.4 Å². The highest BCUT2D eigenvalue weighted by Gasteiger charge is 2.24. The van der Waals surface area contributed by atoms with Crippen LogP contribution in [0.2, 0.25) is 0 Å². The Labute approximate surface area is 123 Å². The highest BCUT2D eigenvalue weighted by molar-refractivity contribution is 6.17. The number of hydrogen-bond donors (Lipinski definition) is 0. The van der Waals surface area contributed by atoms with Crippen molar-refractivity contribution >= 4 is 29.4 Å². The minimum absolute atomic E-state index is 0.179. The second-order valence-corrected chi connectivity index (χ2v) is 3.80.